The Bertz CT molecular complexity index is 713. The summed E-state index contributed by atoms with van der Waals surface area (Å²) in [7, 11) is 0. The average Bonchev–Trinajstić information content (AvgIpc) is 2.80. The molecule has 90 valence electrons. The van der Waals surface area contributed by atoms with E-state index in [0.29, 0.717) is 20.2 Å². The van der Waals surface area contributed by atoms with Crippen LogP contribution in [-0.2, 0) is 0 Å². The van der Waals surface area contributed by atoms with Crippen LogP contribution in [0.2, 0.25) is 0 Å². The summed E-state index contributed by atoms with van der Waals surface area (Å²) in [5, 5.41) is 0.666. The summed E-state index contributed by atoms with van der Waals surface area (Å²) in [6.45, 7) is 0. The Morgan fingerprint density at radius 1 is 1.28 bits per heavy atom. The molecule has 0 amide bonds. The average molecular weight is 324 g/mol. The van der Waals surface area contributed by atoms with Crippen LogP contribution in [0.1, 0.15) is 0 Å². The number of nitrogens with zero attached hydrogens (tertiary/aromatic N) is 3. The van der Waals surface area contributed by atoms with Gasteiger partial charge in [0.15, 0.2) is 5.65 Å². The number of imidazole rings is 1. The van der Waals surface area contributed by atoms with E-state index in [2.05, 4.69) is 25.9 Å². The molecule has 0 fully saturated rings. The number of fused-ring (bicyclic) bond motifs is 1. The quantitative estimate of drug-likeness (QED) is 0.719. The van der Waals surface area contributed by atoms with Crippen molar-refractivity contribution in [3.05, 3.63) is 53.3 Å². The van der Waals surface area contributed by atoms with Crippen molar-refractivity contribution in [2.75, 3.05) is 0 Å². The van der Waals surface area contributed by atoms with Crippen molar-refractivity contribution < 1.29 is 4.39 Å². The predicted molar refractivity (Wildman–Crippen MR) is 71.2 cm³/mol. The van der Waals surface area contributed by atoms with Crippen LogP contribution in [0.4, 0.5) is 4.39 Å². The van der Waals surface area contributed by atoms with Gasteiger partial charge in [-0.25, -0.2) is 14.4 Å². The van der Waals surface area contributed by atoms with Gasteiger partial charge in [0, 0.05) is 23.5 Å². The fraction of sp³-hybridized carbons (Fsp3) is 0. The third kappa shape index (κ3) is 2.13. The largest absolute Gasteiger partial charge is 0.302 e. The fourth-order valence-electron chi connectivity index (χ4n) is 1.57. The van der Waals surface area contributed by atoms with Crippen LogP contribution >= 0.6 is 27.7 Å². The SMILES string of the molecule is Fc1ccccc1Sc1nc(Br)cn2ccnc12. The van der Waals surface area contributed by atoms with Gasteiger partial charge in [0.2, 0.25) is 0 Å². The van der Waals surface area contributed by atoms with Crippen LogP contribution in [0.5, 0.6) is 0 Å². The number of rotatable bonds is 2. The van der Waals surface area contributed by atoms with Crippen molar-refractivity contribution in [1.29, 1.82) is 0 Å². The molecule has 0 aliphatic heterocycles. The van der Waals surface area contributed by atoms with Crippen LogP contribution in [0, 0.1) is 5.82 Å². The molecule has 3 rings (SSSR count). The molecule has 0 radical (unpaired) electrons. The molecule has 2 aromatic heterocycles. The van der Waals surface area contributed by atoms with Crippen molar-refractivity contribution in [3.8, 4) is 0 Å². The summed E-state index contributed by atoms with van der Waals surface area (Å²) in [5.41, 5.74) is 0.714. The summed E-state index contributed by atoms with van der Waals surface area (Å²) >= 11 is 4.60. The molecule has 0 atom stereocenters. The minimum atomic E-state index is -0.256. The summed E-state index contributed by atoms with van der Waals surface area (Å²) < 4.78 is 16.1. The molecule has 0 aliphatic carbocycles. The second-order valence-corrected chi connectivity index (χ2v) is 5.40. The molecular weight excluding hydrogens is 317 g/mol. The Morgan fingerprint density at radius 3 is 2.94 bits per heavy atom. The first kappa shape index (κ1) is 11.7. The van der Waals surface area contributed by atoms with E-state index in [-0.39, 0.29) is 5.82 Å². The lowest BCUT2D eigenvalue weighted by atomic mass is 10.3. The Kier molecular flexibility index (Phi) is 3.05. The number of benzene rings is 1. The highest BCUT2D eigenvalue weighted by atomic mass is 79.9. The van der Waals surface area contributed by atoms with Crippen LogP contribution in [0.3, 0.4) is 0 Å². The van der Waals surface area contributed by atoms with Gasteiger partial charge in [0.1, 0.15) is 15.4 Å². The monoisotopic (exact) mass is 323 g/mol. The van der Waals surface area contributed by atoms with E-state index in [4.69, 9.17) is 0 Å². The summed E-state index contributed by atoms with van der Waals surface area (Å²) in [6, 6.07) is 6.62. The molecule has 18 heavy (non-hydrogen) atoms. The highest BCUT2D eigenvalue weighted by Crippen LogP contribution is 2.31. The maximum absolute atomic E-state index is 13.6. The Labute approximate surface area is 115 Å². The van der Waals surface area contributed by atoms with E-state index in [0.717, 1.165) is 0 Å². The molecule has 0 unspecified atom stereocenters. The van der Waals surface area contributed by atoms with Gasteiger partial charge >= 0.3 is 0 Å². The third-order valence-corrected chi connectivity index (χ3v) is 3.76. The molecule has 0 spiro atoms. The Hall–Kier alpha value is -1.40. The van der Waals surface area contributed by atoms with Crippen molar-refractivity contribution in [3.63, 3.8) is 0 Å². The van der Waals surface area contributed by atoms with Crippen LogP contribution in [-0.4, -0.2) is 14.4 Å². The van der Waals surface area contributed by atoms with E-state index in [1.807, 2.05) is 16.8 Å². The van der Waals surface area contributed by atoms with Gasteiger partial charge in [0.25, 0.3) is 0 Å². The minimum absolute atomic E-state index is 0.256. The van der Waals surface area contributed by atoms with E-state index in [1.165, 1.54) is 17.8 Å². The second kappa shape index (κ2) is 4.70. The highest BCUT2D eigenvalue weighted by molar-refractivity contribution is 9.10. The maximum atomic E-state index is 13.6. The van der Waals surface area contributed by atoms with Crippen molar-refractivity contribution in [2.24, 2.45) is 0 Å². The topological polar surface area (TPSA) is 30.2 Å². The lowest BCUT2D eigenvalue weighted by Crippen LogP contribution is -1.92. The number of halogens is 2. The van der Waals surface area contributed by atoms with Crippen LogP contribution in [0.25, 0.3) is 5.65 Å². The number of aromatic nitrogens is 3. The van der Waals surface area contributed by atoms with Gasteiger partial charge in [-0.15, -0.1) is 0 Å². The molecule has 1 aromatic carbocycles. The lowest BCUT2D eigenvalue weighted by molar-refractivity contribution is 0.602. The molecule has 0 saturated carbocycles. The van der Waals surface area contributed by atoms with Crippen molar-refractivity contribution >= 4 is 33.3 Å². The molecular formula is C12H7BrFN3S. The molecule has 2 heterocycles. The highest BCUT2D eigenvalue weighted by Gasteiger charge is 2.10. The first-order valence-corrected chi connectivity index (χ1v) is 6.76. The minimum Gasteiger partial charge on any atom is -0.302 e. The third-order valence-electron chi connectivity index (χ3n) is 2.36. The summed E-state index contributed by atoms with van der Waals surface area (Å²) in [6.07, 6.45) is 5.33. The molecule has 3 nitrogen and oxygen atoms in total. The second-order valence-electron chi connectivity index (χ2n) is 3.56. The first-order chi connectivity index (χ1) is 8.74. The smallest absolute Gasteiger partial charge is 0.170 e. The summed E-state index contributed by atoms with van der Waals surface area (Å²) in [5.74, 6) is -0.256. The Balaban J connectivity index is 2.10. The van der Waals surface area contributed by atoms with E-state index < -0.39 is 0 Å². The van der Waals surface area contributed by atoms with Gasteiger partial charge < -0.3 is 4.40 Å². The van der Waals surface area contributed by atoms with Gasteiger partial charge in [0.05, 0.1) is 0 Å². The van der Waals surface area contributed by atoms with Gasteiger partial charge in [-0.05, 0) is 28.1 Å². The van der Waals surface area contributed by atoms with Crippen molar-refractivity contribution in [1.82, 2.24) is 14.4 Å². The number of hydrogen-bond acceptors (Lipinski definition) is 3. The normalized spacial score (nSPS) is 11.0. The van der Waals surface area contributed by atoms with E-state index in [1.54, 1.807) is 24.4 Å². The Morgan fingerprint density at radius 2 is 2.11 bits per heavy atom. The molecule has 3 aromatic rings. The molecule has 0 bridgehead atoms. The van der Waals surface area contributed by atoms with Gasteiger partial charge in [-0.2, -0.15) is 0 Å². The van der Waals surface area contributed by atoms with E-state index >= 15 is 0 Å². The summed E-state index contributed by atoms with van der Waals surface area (Å²) in [4.78, 5) is 9.10. The molecule has 0 saturated heterocycles. The predicted octanol–water partition coefficient (Wildman–Crippen LogP) is 3.78. The maximum Gasteiger partial charge on any atom is 0.170 e. The molecule has 0 N–H and O–H groups in total. The van der Waals surface area contributed by atoms with Crippen LogP contribution in [0.15, 0.2) is 57.4 Å². The van der Waals surface area contributed by atoms with Crippen molar-refractivity contribution in [2.45, 2.75) is 9.92 Å². The zero-order valence-corrected chi connectivity index (χ0v) is 11.4. The zero-order valence-electron chi connectivity index (χ0n) is 9.05. The lowest BCUT2D eigenvalue weighted by Gasteiger charge is -2.04. The van der Waals surface area contributed by atoms with Gasteiger partial charge in [-0.1, -0.05) is 23.9 Å². The first-order valence-electron chi connectivity index (χ1n) is 5.15. The van der Waals surface area contributed by atoms with Crippen LogP contribution < -0.4 is 0 Å². The standard InChI is InChI=1S/C12H7BrFN3S/c13-10-7-17-6-5-15-11(17)12(16-10)18-9-4-2-1-3-8(9)14/h1-7H. The number of hydrogen-bond donors (Lipinski definition) is 0. The molecule has 6 heteroatoms. The van der Waals surface area contributed by atoms with E-state index in [9.17, 15) is 4.39 Å². The molecule has 0 aliphatic rings. The fourth-order valence-corrected chi connectivity index (χ4v) is 3.00. The van der Waals surface area contributed by atoms with Gasteiger partial charge in [-0.3, -0.25) is 0 Å². The zero-order chi connectivity index (χ0) is 12.5.